The van der Waals surface area contributed by atoms with E-state index in [2.05, 4.69) is 5.32 Å². The number of ether oxygens (including phenoxy) is 2. The van der Waals surface area contributed by atoms with E-state index in [4.69, 9.17) is 9.47 Å². The molecule has 5 nitrogen and oxygen atoms in total. The lowest BCUT2D eigenvalue weighted by Crippen LogP contribution is -2.27. The Hall–Kier alpha value is -3.34. The van der Waals surface area contributed by atoms with Gasteiger partial charge < -0.3 is 14.8 Å². The summed E-state index contributed by atoms with van der Waals surface area (Å²) in [5.41, 5.74) is 1.71. The van der Waals surface area contributed by atoms with Crippen molar-refractivity contribution in [1.82, 2.24) is 5.32 Å². The summed E-state index contributed by atoms with van der Waals surface area (Å²) in [6, 6.07) is 16.6. The molecular formula is C22H23NO4. The number of hydrogen-bond donors (Lipinski definition) is 1. The minimum atomic E-state index is -0.575. The van der Waals surface area contributed by atoms with E-state index in [0.717, 1.165) is 11.1 Å². The monoisotopic (exact) mass is 365 g/mol. The number of carbonyl (C=O) groups is 2. The molecule has 0 bridgehead atoms. The maximum Gasteiger partial charge on any atom is 0.354 e. The highest BCUT2D eigenvalue weighted by molar-refractivity contribution is 6.02. The van der Waals surface area contributed by atoms with Crippen LogP contribution in [0.1, 0.15) is 24.5 Å². The molecule has 0 heterocycles. The minimum absolute atomic E-state index is 0.0799. The molecule has 0 aliphatic carbocycles. The molecule has 0 aromatic heterocycles. The molecule has 0 spiro atoms. The van der Waals surface area contributed by atoms with Crippen LogP contribution in [0.5, 0.6) is 5.75 Å². The summed E-state index contributed by atoms with van der Waals surface area (Å²) in [7, 11) is 1.58. The number of hydrogen-bond acceptors (Lipinski definition) is 4. The highest BCUT2D eigenvalue weighted by Crippen LogP contribution is 2.14. The number of benzene rings is 2. The molecule has 0 aliphatic rings. The van der Waals surface area contributed by atoms with Gasteiger partial charge in [0.1, 0.15) is 11.4 Å². The zero-order valence-corrected chi connectivity index (χ0v) is 15.5. The Kier molecular flexibility index (Phi) is 7.85. The van der Waals surface area contributed by atoms with Crippen molar-refractivity contribution < 1.29 is 19.1 Å². The molecule has 0 fully saturated rings. The fraction of sp³-hybridized carbons (Fsp3) is 0.182. The van der Waals surface area contributed by atoms with Gasteiger partial charge >= 0.3 is 5.97 Å². The molecule has 0 atom stereocenters. The van der Waals surface area contributed by atoms with Gasteiger partial charge in [0.05, 0.1) is 13.7 Å². The van der Waals surface area contributed by atoms with Crippen LogP contribution in [0, 0.1) is 0 Å². The maximum atomic E-state index is 12.3. The SMILES string of the molecule is CCCOC(=O)/C(=C\c1ccc(OC)cc1)NC(=O)/C=C/c1ccccc1. The van der Waals surface area contributed by atoms with Gasteiger partial charge in [0, 0.05) is 6.08 Å². The zero-order chi connectivity index (χ0) is 19.5. The fourth-order valence-corrected chi connectivity index (χ4v) is 2.20. The van der Waals surface area contributed by atoms with Gasteiger partial charge in [0.15, 0.2) is 0 Å². The van der Waals surface area contributed by atoms with Crippen molar-refractivity contribution in [2.45, 2.75) is 13.3 Å². The topological polar surface area (TPSA) is 64.6 Å². The molecule has 1 N–H and O–H groups in total. The Morgan fingerprint density at radius 3 is 2.33 bits per heavy atom. The van der Waals surface area contributed by atoms with Crippen molar-refractivity contribution in [3.8, 4) is 5.75 Å². The molecule has 0 saturated heterocycles. The summed E-state index contributed by atoms with van der Waals surface area (Å²) < 4.78 is 10.3. The number of rotatable bonds is 8. The van der Waals surface area contributed by atoms with E-state index in [1.165, 1.54) is 6.08 Å². The largest absolute Gasteiger partial charge is 0.497 e. The molecule has 27 heavy (non-hydrogen) atoms. The molecule has 2 rings (SSSR count). The van der Waals surface area contributed by atoms with E-state index < -0.39 is 11.9 Å². The van der Waals surface area contributed by atoms with E-state index in [1.807, 2.05) is 37.3 Å². The predicted molar refractivity (Wildman–Crippen MR) is 106 cm³/mol. The second kappa shape index (κ2) is 10.6. The Morgan fingerprint density at radius 1 is 1.00 bits per heavy atom. The van der Waals surface area contributed by atoms with Crippen molar-refractivity contribution in [3.63, 3.8) is 0 Å². The lowest BCUT2D eigenvalue weighted by molar-refractivity contribution is -0.140. The smallest absolute Gasteiger partial charge is 0.354 e. The third kappa shape index (κ3) is 6.82. The van der Waals surface area contributed by atoms with Crippen LogP contribution >= 0.6 is 0 Å². The standard InChI is InChI=1S/C22H23NO4/c1-3-15-27-22(25)20(16-18-9-12-19(26-2)13-10-18)23-21(24)14-11-17-7-5-4-6-8-17/h4-14,16H,3,15H2,1-2H3,(H,23,24)/b14-11+,20-16+. The lowest BCUT2D eigenvalue weighted by atomic mass is 10.2. The normalized spacial score (nSPS) is 11.3. The second-order valence-electron chi connectivity index (χ2n) is 5.70. The van der Waals surface area contributed by atoms with Gasteiger partial charge in [0.25, 0.3) is 0 Å². The quantitative estimate of drug-likeness (QED) is 0.571. The maximum absolute atomic E-state index is 12.3. The van der Waals surface area contributed by atoms with E-state index in [9.17, 15) is 9.59 Å². The molecule has 0 saturated carbocycles. The summed E-state index contributed by atoms with van der Waals surface area (Å²) >= 11 is 0. The van der Waals surface area contributed by atoms with E-state index in [0.29, 0.717) is 12.2 Å². The van der Waals surface area contributed by atoms with Crippen LogP contribution < -0.4 is 10.1 Å². The van der Waals surface area contributed by atoms with E-state index >= 15 is 0 Å². The molecule has 5 heteroatoms. The summed E-state index contributed by atoms with van der Waals surface area (Å²) in [6.07, 6.45) is 5.33. The first kappa shape index (κ1) is 20.0. The Balaban J connectivity index is 2.15. The van der Waals surface area contributed by atoms with Crippen LogP contribution in [0.15, 0.2) is 66.4 Å². The average Bonchev–Trinajstić information content (AvgIpc) is 2.71. The van der Waals surface area contributed by atoms with Crippen molar-refractivity contribution in [1.29, 1.82) is 0 Å². The summed E-state index contributed by atoms with van der Waals surface area (Å²) in [5.74, 6) is -0.279. The highest BCUT2D eigenvalue weighted by atomic mass is 16.5. The Labute approximate surface area is 159 Å². The molecule has 2 aromatic carbocycles. The molecule has 0 unspecified atom stereocenters. The number of nitrogens with one attached hydrogen (secondary N) is 1. The van der Waals surface area contributed by atoms with E-state index in [1.54, 1.807) is 43.5 Å². The second-order valence-corrected chi connectivity index (χ2v) is 5.70. The summed E-state index contributed by atoms with van der Waals surface area (Å²) in [4.78, 5) is 24.5. The van der Waals surface area contributed by atoms with Crippen LogP contribution in [0.3, 0.4) is 0 Å². The van der Waals surface area contributed by atoms with Gasteiger partial charge in [-0.15, -0.1) is 0 Å². The van der Waals surface area contributed by atoms with Crippen LogP contribution in [0.4, 0.5) is 0 Å². The van der Waals surface area contributed by atoms with Gasteiger partial charge in [0.2, 0.25) is 5.91 Å². The van der Waals surface area contributed by atoms with E-state index in [-0.39, 0.29) is 12.3 Å². The molecule has 0 aliphatic heterocycles. The minimum Gasteiger partial charge on any atom is -0.497 e. The Morgan fingerprint density at radius 2 is 1.70 bits per heavy atom. The van der Waals surface area contributed by atoms with Gasteiger partial charge in [-0.1, -0.05) is 49.4 Å². The zero-order valence-electron chi connectivity index (χ0n) is 15.5. The first-order valence-electron chi connectivity index (χ1n) is 8.69. The first-order chi connectivity index (χ1) is 13.1. The van der Waals surface area contributed by atoms with Crippen molar-refractivity contribution in [2.75, 3.05) is 13.7 Å². The molecule has 0 radical (unpaired) electrons. The van der Waals surface area contributed by atoms with Crippen molar-refractivity contribution >= 4 is 24.0 Å². The summed E-state index contributed by atoms with van der Waals surface area (Å²) in [5, 5.41) is 2.60. The molecular weight excluding hydrogens is 342 g/mol. The van der Waals surface area contributed by atoms with Crippen LogP contribution in [0.2, 0.25) is 0 Å². The number of carbonyl (C=O) groups excluding carboxylic acids is 2. The lowest BCUT2D eigenvalue weighted by Gasteiger charge is -2.09. The first-order valence-corrected chi connectivity index (χ1v) is 8.69. The highest BCUT2D eigenvalue weighted by Gasteiger charge is 2.13. The van der Waals surface area contributed by atoms with Crippen molar-refractivity contribution in [2.24, 2.45) is 0 Å². The van der Waals surface area contributed by atoms with Crippen molar-refractivity contribution in [3.05, 3.63) is 77.5 Å². The van der Waals surface area contributed by atoms with Gasteiger partial charge in [-0.05, 0) is 41.8 Å². The van der Waals surface area contributed by atoms with Crippen LogP contribution in [0.25, 0.3) is 12.2 Å². The number of esters is 1. The van der Waals surface area contributed by atoms with Crippen LogP contribution in [-0.2, 0) is 14.3 Å². The fourth-order valence-electron chi connectivity index (χ4n) is 2.20. The molecule has 140 valence electrons. The van der Waals surface area contributed by atoms with Gasteiger partial charge in [-0.3, -0.25) is 4.79 Å². The summed E-state index contributed by atoms with van der Waals surface area (Å²) in [6.45, 7) is 2.19. The third-order valence-electron chi connectivity index (χ3n) is 3.57. The number of amides is 1. The third-order valence-corrected chi connectivity index (χ3v) is 3.57. The molecule has 1 amide bonds. The average molecular weight is 365 g/mol. The number of methoxy groups -OCH3 is 1. The predicted octanol–water partition coefficient (Wildman–Crippen LogP) is 3.82. The van der Waals surface area contributed by atoms with Gasteiger partial charge in [-0.2, -0.15) is 0 Å². The van der Waals surface area contributed by atoms with Gasteiger partial charge in [-0.25, -0.2) is 4.79 Å². The Bertz CT molecular complexity index is 808. The van der Waals surface area contributed by atoms with Crippen LogP contribution in [-0.4, -0.2) is 25.6 Å². The molecule has 2 aromatic rings.